The molecule has 0 saturated heterocycles. The Bertz CT molecular complexity index is 1300. The maximum absolute atomic E-state index is 12.4. The Kier molecular flexibility index (Phi) is 6.68. The summed E-state index contributed by atoms with van der Waals surface area (Å²) in [7, 11) is 0. The first-order valence-corrected chi connectivity index (χ1v) is 10.7. The predicted octanol–water partition coefficient (Wildman–Crippen LogP) is 5.23. The van der Waals surface area contributed by atoms with Gasteiger partial charge in [-0.15, -0.1) is 0 Å². The molecule has 1 heterocycles. The van der Waals surface area contributed by atoms with Gasteiger partial charge in [0.15, 0.2) is 17.2 Å². The molecule has 172 valence electrons. The molecule has 0 aliphatic carbocycles. The van der Waals surface area contributed by atoms with E-state index in [2.05, 4.69) is 4.99 Å². The van der Waals surface area contributed by atoms with Crippen LogP contribution in [-0.4, -0.2) is 23.4 Å². The molecule has 0 spiro atoms. The van der Waals surface area contributed by atoms with Crippen molar-refractivity contribution in [2.75, 3.05) is 6.61 Å². The minimum absolute atomic E-state index is 0.0116. The maximum atomic E-state index is 12.4. The number of hydrogen-bond donors (Lipinski definition) is 0. The van der Waals surface area contributed by atoms with Crippen molar-refractivity contribution in [3.8, 4) is 11.5 Å². The van der Waals surface area contributed by atoms with Crippen LogP contribution >= 0.6 is 0 Å². The molecule has 1 aliphatic rings. The summed E-state index contributed by atoms with van der Waals surface area (Å²) in [5.41, 5.74) is 2.76. The van der Waals surface area contributed by atoms with Crippen LogP contribution in [0.4, 0.5) is 5.69 Å². The van der Waals surface area contributed by atoms with Crippen molar-refractivity contribution in [2.24, 2.45) is 4.99 Å². The van der Waals surface area contributed by atoms with Crippen molar-refractivity contribution in [3.05, 3.63) is 105 Å². The van der Waals surface area contributed by atoms with Gasteiger partial charge in [0, 0.05) is 17.2 Å². The van der Waals surface area contributed by atoms with E-state index >= 15 is 0 Å². The predicted molar refractivity (Wildman–Crippen MR) is 127 cm³/mol. The van der Waals surface area contributed by atoms with Gasteiger partial charge in [-0.2, -0.15) is 0 Å². The van der Waals surface area contributed by atoms with Gasteiger partial charge in [0.05, 0.1) is 11.5 Å². The summed E-state index contributed by atoms with van der Waals surface area (Å²) in [6.45, 7) is 4.34. The van der Waals surface area contributed by atoms with Crippen LogP contribution in [0.25, 0.3) is 6.08 Å². The van der Waals surface area contributed by atoms with Crippen LogP contribution in [0.5, 0.6) is 11.5 Å². The molecule has 8 heteroatoms. The molecule has 0 N–H and O–H groups in total. The van der Waals surface area contributed by atoms with Crippen LogP contribution in [0.1, 0.15) is 29.2 Å². The number of rotatable bonds is 8. The van der Waals surface area contributed by atoms with Gasteiger partial charge in [-0.3, -0.25) is 10.1 Å². The van der Waals surface area contributed by atoms with Gasteiger partial charge < -0.3 is 14.2 Å². The first kappa shape index (κ1) is 22.7. The lowest BCUT2D eigenvalue weighted by molar-refractivity contribution is -0.385. The molecule has 0 radical (unpaired) electrons. The van der Waals surface area contributed by atoms with E-state index in [0.717, 1.165) is 5.56 Å². The Labute approximate surface area is 196 Å². The summed E-state index contributed by atoms with van der Waals surface area (Å²) >= 11 is 0. The lowest BCUT2D eigenvalue weighted by Gasteiger charge is -2.12. The fourth-order valence-corrected chi connectivity index (χ4v) is 3.42. The Morgan fingerprint density at radius 2 is 1.82 bits per heavy atom. The normalized spacial score (nSPS) is 14.0. The largest absolute Gasteiger partial charge is 0.490 e. The standard InChI is InChI=1S/C26H22N2O6/c1-3-32-24-15-19(9-12-23(24)33-16-18-7-5-4-6-8-18)14-21-26(29)34-25(27-21)20-10-11-22(28(30)31)17(2)13-20/h4-15H,3,16H2,1-2H3/b21-14-. The fourth-order valence-electron chi connectivity index (χ4n) is 3.42. The second-order valence-electron chi connectivity index (χ2n) is 7.51. The summed E-state index contributed by atoms with van der Waals surface area (Å²) in [4.78, 5) is 27.3. The average molecular weight is 458 g/mol. The van der Waals surface area contributed by atoms with Gasteiger partial charge in [-0.25, -0.2) is 9.79 Å². The number of carbonyl (C=O) groups excluding carboxylic acids is 1. The Morgan fingerprint density at radius 3 is 2.53 bits per heavy atom. The molecular formula is C26H22N2O6. The Morgan fingerprint density at radius 1 is 1.03 bits per heavy atom. The van der Waals surface area contributed by atoms with Crippen LogP contribution in [0.15, 0.2) is 77.4 Å². The molecule has 34 heavy (non-hydrogen) atoms. The number of cyclic esters (lactones) is 1. The highest BCUT2D eigenvalue weighted by Crippen LogP contribution is 2.31. The SMILES string of the molecule is CCOc1cc(/C=C2\N=C(c3ccc([N+](=O)[O-])c(C)c3)OC2=O)ccc1OCc1ccccc1. The van der Waals surface area contributed by atoms with Crippen LogP contribution in [0, 0.1) is 17.0 Å². The second-order valence-corrected chi connectivity index (χ2v) is 7.51. The number of nitro groups is 1. The van der Waals surface area contributed by atoms with Crippen molar-refractivity contribution < 1.29 is 23.9 Å². The van der Waals surface area contributed by atoms with Crippen LogP contribution in [0.2, 0.25) is 0 Å². The molecular weight excluding hydrogens is 436 g/mol. The van der Waals surface area contributed by atoms with Crippen molar-refractivity contribution in [1.29, 1.82) is 0 Å². The highest BCUT2D eigenvalue weighted by molar-refractivity contribution is 6.13. The highest BCUT2D eigenvalue weighted by Gasteiger charge is 2.25. The minimum Gasteiger partial charge on any atom is -0.490 e. The molecule has 0 saturated carbocycles. The number of benzene rings is 3. The summed E-state index contributed by atoms with van der Waals surface area (Å²) in [6, 6.07) is 19.6. The van der Waals surface area contributed by atoms with E-state index in [-0.39, 0.29) is 17.3 Å². The van der Waals surface area contributed by atoms with E-state index in [9.17, 15) is 14.9 Å². The van der Waals surface area contributed by atoms with Gasteiger partial charge in [0.1, 0.15) is 6.61 Å². The molecule has 0 fully saturated rings. The maximum Gasteiger partial charge on any atom is 0.363 e. The molecule has 3 aromatic rings. The van der Waals surface area contributed by atoms with E-state index in [1.165, 1.54) is 12.1 Å². The zero-order valence-corrected chi connectivity index (χ0v) is 18.7. The van der Waals surface area contributed by atoms with E-state index in [0.29, 0.717) is 41.4 Å². The highest BCUT2D eigenvalue weighted by atomic mass is 16.6. The third-order valence-corrected chi connectivity index (χ3v) is 5.07. The van der Waals surface area contributed by atoms with Crippen molar-refractivity contribution in [1.82, 2.24) is 0 Å². The second kappa shape index (κ2) is 9.99. The van der Waals surface area contributed by atoms with Crippen molar-refractivity contribution in [2.45, 2.75) is 20.5 Å². The topological polar surface area (TPSA) is 100 Å². The summed E-state index contributed by atoms with van der Waals surface area (Å²) < 4.78 is 16.9. The van der Waals surface area contributed by atoms with E-state index < -0.39 is 10.9 Å². The first-order valence-electron chi connectivity index (χ1n) is 10.7. The Hall–Kier alpha value is -4.46. The molecule has 1 aliphatic heterocycles. The van der Waals surface area contributed by atoms with Gasteiger partial charge in [-0.05, 0) is 55.3 Å². The van der Waals surface area contributed by atoms with Crippen LogP contribution in [-0.2, 0) is 16.1 Å². The molecule has 8 nitrogen and oxygen atoms in total. The lowest BCUT2D eigenvalue weighted by atomic mass is 10.1. The van der Waals surface area contributed by atoms with Gasteiger partial charge in [-0.1, -0.05) is 36.4 Å². The van der Waals surface area contributed by atoms with E-state index in [1.807, 2.05) is 37.3 Å². The molecule has 0 unspecified atom stereocenters. The van der Waals surface area contributed by atoms with Gasteiger partial charge in [0.2, 0.25) is 5.90 Å². The van der Waals surface area contributed by atoms with E-state index in [4.69, 9.17) is 14.2 Å². The number of hydrogen-bond acceptors (Lipinski definition) is 7. The number of nitrogens with zero attached hydrogens (tertiary/aromatic N) is 2. The van der Waals surface area contributed by atoms with Crippen LogP contribution < -0.4 is 9.47 Å². The van der Waals surface area contributed by atoms with Crippen LogP contribution in [0.3, 0.4) is 0 Å². The summed E-state index contributed by atoms with van der Waals surface area (Å²) in [6.07, 6.45) is 1.59. The number of nitro benzene ring substituents is 1. The summed E-state index contributed by atoms with van der Waals surface area (Å²) in [5.74, 6) is 0.636. The number of ether oxygens (including phenoxy) is 3. The molecule has 0 atom stereocenters. The number of aliphatic imine (C=N–C) groups is 1. The number of esters is 1. The van der Waals surface area contributed by atoms with Gasteiger partial charge in [0.25, 0.3) is 5.69 Å². The first-order chi connectivity index (χ1) is 16.4. The third kappa shape index (κ3) is 5.12. The average Bonchev–Trinajstić information content (AvgIpc) is 3.19. The Balaban J connectivity index is 1.57. The molecule has 4 rings (SSSR count). The lowest BCUT2D eigenvalue weighted by Crippen LogP contribution is -2.06. The molecule has 3 aromatic carbocycles. The van der Waals surface area contributed by atoms with Crippen molar-refractivity contribution in [3.63, 3.8) is 0 Å². The zero-order valence-electron chi connectivity index (χ0n) is 18.7. The quantitative estimate of drug-likeness (QED) is 0.198. The third-order valence-electron chi connectivity index (χ3n) is 5.07. The molecule has 0 bridgehead atoms. The molecule has 0 amide bonds. The van der Waals surface area contributed by atoms with Gasteiger partial charge >= 0.3 is 5.97 Å². The smallest absolute Gasteiger partial charge is 0.363 e. The minimum atomic E-state index is -0.603. The van der Waals surface area contributed by atoms with Crippen molar-refractivity contribution >= 4 is 23.6 Å². The zero-order chi connectivity index (χ0) is 24.1. The summed E-state index contributed by atoms with van der Waals surface area (Å²) in [5, 5.41) is 11.0. The fraction of sp³-hybridized carbons (Fsp3) is 0.154. The molecule has 0 aromatic heterocycles. The number of carbonyl (C=O) groups is 1. The monoisotopic (exact) mass is 458 g/mol. The number of aryl methyl sites for hydroxylation is 1. The van der Waals surface area contributed by atoms with E-state index in [1.54, 1.807) is 37.3 Å².